The fraction of sp³-hybridized carbons (Fsp3) is 0.250. The highest BCUT2D eigenvalue weighted by Crippen LogP contribution is 2.15. The minimum atomic E-state index is 0.564. The molecule has 0 radical (unpaired) electrons. The third kappa shape index (κ3) is 2.73. The molecule has 1 heterocycles. The first-order valence-corrected chi connectivity index (χ1v) is 4.83. The molecule has 0 amide bonds. The highest BCUT2D eigenvalue weighted by Gasteiger charge is 1.98. The minimum absolute atomic E-state index is 0.564. The Morgan fingerprint density at radius 3 is 2.86 bits per heavy atom. The van der Waals surface area contributed by atoms with Crippen LogP contribution in [0.2, 0.25) is 0 Å². The normalized spacial score (nSPS) is 12.3. The maximum atomic E-state index is 5.63. The van der Waals surface area contributed by atoms with Crippen LogP contribution in [0.3, 0.4) is 0 Å². The summed E-state index contributed by atoms with van der Waals surface area (Å²) in [7, 11) is 0. The van der Waals surface area contributed by atoms with Crippen LogP contribution in [0, 0.1) is 0 Å². The van der Waals surface area contributed by atoms with E-state index in [1.807, 2.05) is 31.2 Å². The van der Waals surface area contributed by atoms with Crippen molar-refractivity contribution in [1.82, 2.24) is 4.98 Å². The Morgan fingerprint density at radius 1 is 1.50 bits per heavy atom. The van der Waals surface area contributed by atoms with Crippen molar-refractivity contribution in [3.63, 3.8) is 0 Å². The van der Waals surface area contributed by atoms with Gasteiger partial charge in [-0.25, -0.2) is 4.98 Å². The standard InChI is InChI=1S/C12H16N2/c1-3-6-10(7-4-2)11-8-5-9-12(13)14-11/h3,5-9H,4H2,1-2H3,(H2,13,14)/b6-3-,10-7+. The van der Waals surface area contributed by atoms with Gasteiger partial charge in [-0.05, 0) is 31.1 Å². The topological polar surface area (TPSA) is 38.9 Å². The Morgan fingerprint density at radius 2 is 2.29 bits per heavy atom. The van der Waals surface area contributed by atoms with E-state index in [1.165, 1.54) is 0 Å². The third-order valence-corrected chi connectivity index (χ3v) is 1.84. The van der Waals surface area contributed by atoms with Gasteiger partial charge in [0.1, 0.15) is 5.82 Å². The van der Waals surface area contributed by atoms with E-state index in [2.05, 4.69) is 18.0 Å². The molecule has 1 aromatic heterocycles. The zero-order valence-electron chi connectivity index (χ0n) is 8.70. The van der Waals surface area contributed by atoms with Crippen molar-refractivity contribution in [2.45, 2.75) is 20.3 Å². The number of nitrogens with two attached hydrogens (primary N) is 1. The van der Waals surface area contributed by atoms with Crippen LogP contribution < -0.4 is 5.73 Å². The van der Waals surface area contributed by atoms with E-state index in [9.17, 15) is 0 Å². The van der Waals surface area contributed by atoms with Crippen molar-refractivity contribution in [3.8, 4) is 0 Å². The molecule has 0 bridgehead atoms. The number of aromatic nitrogens is 1. The predicted molar refractivity (Wildman–Crippen MR) is 61.7 cm³/mol. The van der Waals surface area contributed by atoms with Gasteiger partial charge in [0.05, 0.1) is 5.69 Å². The molecule has 0 unspecified atom stereocenters. The van der Waals surface area contributed by atoms with Gasteiger partial charge >= 0.3 is 0 Å². The molecule has 0 atom stereocenters. The first kappa shape index (κ1) is 10.5. The second-order valence-electron chi connectivity index (χ2n) is 3.02. The quantitative estimate of drug-likeness (QED) is 0.740. The lowest BCUT2D eigenvalue weighted by Gasteiger charge is -2.02. The van der Waals surface area contributed by atoms with Crippen molar-refractivity contribution in [1.29, 1.82) is 0 Å². The van der Waals surface area contributed by atoms with Gasteiger partial charge < -0.3 is 5.73 Å². The average molecular weight is 188 g/mol. The van der Waals surface area contributed by atoms with Crippen LogP contribution in [0.15, 0.2) is 36.4 Å². The summed E-state index contributed by atoms with van der Waals surface area (Å²) in [5.74, 6) is 0.564. The summed E-state index contributed by atoms with van der Waals surface area (Å²) in [6.07, 6.45) is 7.19. The number of pyridine rings is 1. The molecule has 0 spiro atoms. The Bertz CT molecular complexity index is 351. The molecule has 2 N–H and O–H groups in total. The molecule has 1 rings (SSSR count). The molecule has 0 saturated heterocycles. The van der Waals surface area contributed by atoms with Crippen molar-refractivity contribution in [2.24, 2.45) is 0 Å². The van der Waals surface area contributed by atoms with Gasteiger partial charge in [0.2, 0.25) is 0 Å². The van der Waals surface area contributed by atoms with Gasteiger partial charge in [-0.2, -0.15) is 0 Å². The predicted octanol–water partition coefficient (Wildman–Crippen LogP) is 3.03. The zero-order valence-corrected chi connectivity index (χ0v) is 8.70. The molecular weight excluding hydrogens is 172 g/mol. The highest BCUT2D eigenvalue weighted by molar-refractivity contribution is 5.72. The van der Waals surface area contributed by atoms with Crippen LogP contribution in [0.4, 0.5) is 5.82 Å². The Kier molecular flexibility index (Phi) is 3.92. The molecule has 0 aliphatic carbocycles. The highest BCUT2D eigenvalue weighted by atomic mass is 14.8. The molecule has 0 fully saturated rings. The van der Waals surface area contributed by atoms with E-state index in [0.29, 0.717) is 5.82 Å². The third-order valence-electron chi connectivity index (χ3n) is 1.84. The van der Waals surface area contributed by atoms with Crippen LogP contribution in [0.1, 0.15) is 26.0 Å². The summed E-state index contributed by atoms with van der Waals surface area (Å²) in [6, 6.07) is 5.69. The molecule has 14 heavy (non-hydrogen) atoms. The molecule has 74 valence electrons. The van der Waals surface area contributed by atoms with Crippen molar-refractivity contribution >= 4 is 11.4 Å². The number of anilines is 1. The van der Waals surface area contributed by atoms with Crippen molar-refractivity contribution < 1.29 is 0 Å². The smallest absolute Gasteiger partial charge is 0.124 e. The fourth-order valence-corrected chi connectivity index (χ4v) is 1.27. The largest absolute Gasteiger partial charge is 0.384 e. The van der Waals surface area contributed by atoms with Gasteiger partial charge in [-0.1, -0.05) is 31.2 Å². The average Bonchev–Trinajstić information content (AvgIpc) is 2.17. The lowest BCUT2D eigenvalue weighted by molar-refractivity contribution is 1.21. The lowest BCUT2D eigenvalue weighted by Crippen LogP contribution is -1.93. The van der Waals surface area contributed by atoms with E-state index in [0.717, 1.165) is 17.7 Å². The van der Waals surface area contributed by atoms with Crippen molar-refractivity contribution in [3.05, 3.63) is 42.1 Å². The SMILES string of the molecule is C/C=C\C(=C/CC)c1cccc(N)n1. The summed E-state index contributed by atoms with van der Waals surface area (Å²) in [4.78, 5) is 4.27. The number of nitrogens with zero attached hydrogens (tertiary/aromatic N) is 1. The number of nitrogen functional groups attached to an aromatic ring is 1. The number of hydrogen-bond donors (Lipinski definition) is 1. The van der Waals surface area contributed by atoms with E-state index in [1.54, 1.807) is 6.07 Å². The van der Waals surface area contributed by atoms with Gasteiger partial charge in [-0.3, -0.25) is 0 Å². The lowest BCUT2D eigenvalue weighted by atomic mass is 10.1. The summed E-state index contributed by atoms with van der Waals surface area (Å²) in [5, 5.41) is 0. The number of allylic oxidation sites excluding steroid dienone is 4. The second-order valence-corrected chi connectivity index (χ2v) is 3.02. The maximum Gasteiger partial charge on any atom is 0.124 e. The van der Waals surface area contributed by atoms with E-state index >= 15 is 0 Å². The van der Waals surface area contributed by atoms with E-state index in [4.69, 9.17) is 5.73 Å². The Hall–Kier alpha value is -1.57. The van der Waals surface area contributed by atoms with Crippen LogP contribution in [-0.2, 0) is 0 Å². The maximum absolute atomic E-state index is 5.63. The molecule has 0 aromatic carbocycles. The monoisotopic (exact) mass is 188 g/mol. The summed E-state index contributed by atoms with van der Waals surface area (Å²) in [6.45, 7) is 4.10. The van der Waals surface area contributed by atoms with Crippen molar-refractivity contribution in [2.75, 3.05) is 5.73 Å². The fourth-order valence-electron chi connectivity index (χ4n) is 1.27. The first-order valence-electron chi connectivity index (χ1n) is 4.83. The molecule has 0 aliphatic heterocycles. The number of hydrogen-bond acceptors (Lipinski definition) is 2. The summed E-state index contributed by atoms with van der Waals surface area (Å²) < 4.78 is 0. The van der Waals surface area contributed by atoms with Crippen LogP contribution in [0.5, 0.6) is 0 Å². The first-order chi connectivity index (χ1) is 6.77. The van der Waals surface area contributed by atoms with Crippen LogP contribution in [-0.4, -0.2) is 4.98 Å². The second kappa shape index (κ2) is 5.22. The zero-order chi connectivity index (χ0) is 10.4. The van der Waals surface area contributed by atoms with E-state index < -0.39 is 0 Å². The molecule has 2 heteroatoms. The summed E-state index contributed by atoms with van der Waals surface area (Å²) >= 11 is 0. The van der Waals surface area contributed by atoms with Crippen LogP contribution in [0.25, 0.3) is 5.57 Å². The Balaban J connectivity index is 3.05. The molecule has 0 saturated carbocycles. The molecular formula is C12H16N2. The summed E-state index contributed by atoms with van der Waals surface area (Å²) in [5.41, 5.74) is 7.69. The molecule has 1 aromatic rings. The van der Waals surface area contributed by atoms with Gasteiger partial charge in [0.25, 0.3) is 0 Å². The number of rotatable bonds is 3. The van der Waals surface area contributed by atoms with Gasteiger partial charge in [0.15, 0.2) is 0 Å². The molecule has 2 nitrogen and oxygen atoms in total. The molecule has 0 aliphatic rings. The van der Waals surface area contributed by atoms with Gasteiger partial charge in [-0.15, -0.1) is 0 Å². The van der Waals surface area contributed by atoms with Gasteiger partial charge in [0, 0.05) is 0 Å². The van der Waals surface area contributed by atoms with E-state index in [-0.39, 0.29) is 0 Å². The minimum Gasteiger partial charge on any atom is -0.384 e. The Labute approximate surface area is 85.2 Å². The van der Waals surface area contributed by atoms with Crippen LogP contribution >= 0.6 is 0 Å².